The van der Waals surface area contributed by atoms with Gasteiger partial charge in [-0.15, -0.1) is 0 Å². The van der Waals surface area contributed by atoms with Crippen LogP contribution in [0.25, 0.3) is 11.3 Å². The fourth-order valence-corrected chi connectivity index (χ4v) is 1.80. The Labute approximate surface area is 109 Å². The molecule has 0 N–H and O–H groups in total. The number of hydrogen-bond acceptors (Lipinski definition) is 3. The molecule has 2 aromatic rings. The van der Waals surface area contributed by atoms with Gasteiger partial charge in [0.1, 0.15) is 17.7 Å². The molecule has 0 fully saturated rings. The molecule has 3 nitrogen and oxygen atoms in total. The van der Waals surface area contributed by atoms with E-state index in [2.05, 4.69) is 4.98 Å². The van der Waals surface area contributed by atoms with Gasteiger partial charge in [0, 0.05) is 17.2 Å². The first-order valence-electron chi connectivity index (χ1n) is 5.47. The molecular weight excluding hydrogens is 250 g/mol. The van der Waals surface area contributed by atoms with Crippen LogP contribution in [0, 0.1) is 29.9 Å². The summed E-state index contributed by atoms with van der Waals surface area (Å²) in [6.07, 6.45) is 0. The van der Waals surface area contributed by atoms with Crippen molar-refractivity contribution in [1.29, 1.82) is 5.26 Å². The molecule has 5 heteroatoms. The lowest BCUT2D eigenvalue weighted by molar-refractivity contribution is 0.395. The minimum atomic E-state index is -0.722. The first-order valence-corrected chi connectivity index (χ1v) is 5.47. The lowest BCUT2D eigenvalue weighted by Crippen LogP contribution is -1.97. The number of aryl methyl sites for hydroxylation is 1. The van der Waals surface area contributed by atoms with Crippen LogP contribution in [0.15, 0.2) is 24.3 Å². The number of nitriles is 1. The Balaban J connectivity index is 2.70. The number of hydrogen-bond donors (Lipinski definition) is 0. The normalized spacial score (nSPS) is 10.1. The summed E-state index contributed by atoms with van der Waals surface area (Å²) < 4.78 is 31.5. The Morgan fingerprint density at radius 1 is 1.16 bits per heavy atom. The molecule has 2 rings (SSSR count). The molecule has 0 aliphatic carbocycles. The highest BCUT2D eigenvalue weighted by molar-refractivity contribution is 5.68. The largest absolute Gasteiger partial charge is 0.481 e. The Hall–Kier alpha value is -2.48. The van der Waals surface area contributed by atoms with E-state index < -0.39 is 11.6 Å². The van der Waals surface area contributed by atoms with Crippen molar-refractivity contribution in [2.24, 2.45) is 0 Å². The highest BCUT2D eigenvalue weighted by Gasteiger charge is 2.13. The van der Waals surface area contributed by atoms with Crippen LogP contribution in [-0.2, 0) is 0 Å². The molecule has 1 aromatic heterocycles. The first kappa shape index (κ1) is 13.0. The van der Waals surface area contributed by atoms with Crippen molar-refractivity contribution in [3.8, 4) is 23.2 Å². The van der Waals surface area contributed by atoms with Crippen LogP contribution in [0.4, 0.5) is 8.78 Å². The molecule has 19 heavy (non-hydrogen) atoms. The summed E-state index contributed by atoms with van der Waals surface area (Å²) in [5.74, 6) is -1.13. The second-order valence-corrected chi connectivity index (χ2v) is 3.98. The van der Waals surface area contributed by atoms with Gasteiger partial charge in [0.2, 0.25) is 5.88 Å². The summed E-state index contributed by atoms with van der Waals surface area (Å²) >= 11 is 0. The van der Waals surface area contributed by atoms with Gasteiger partial charge in [0.25, 0.3) is 0 Å². The summed E-state index contributed by atoms with van der Waals surface area (Å²) in [5, 5.41) is 9.09. The summed E-state index contributed by atoms with van der Waals surface area (Å²) in [6, 6.07) is 6.55. The zero-order valence-corrected chi connectivity index (χ0v) is 10.4. The summed E-state index contributed by atoms with van der Waals surface area (Å²) in [6.45, 7) is 1.74. The third-order valence-corrected chi connectivity index (χ3v) is 2.62. The van der Waals surface area contributed by atoms with Crippen molar-refractivity contribution in [3.05, 3.63) is 47.0 Å². The highest BCUT2D eigenvalue weighted by Crippen LogP contribution is 2.27. The molecule has 0 amide bonds. The van der Waals surface area contributed by atoms with Crippen molar-refractivity contribution in [1.82, 2.24) is 4.98 Å². The molecule has 0 radical (unpaired) electrons. The number of pyridine rings is 1. The Morgan fingerprint density at radius 2 is 1.79 bits per heavy atom. The predicted octanol–water partition coefficient (Wildman–Crippen LogP) is 3.22. The number of rotatable bonds is 2. The van der Waals surface area contributed by atoms with Crippen molar-refractivity contribution in [2.75, 3.05) is 7.11 Å². The van der Waals surface area contributed by atoms with E-state index in [1.54, 1.807) is 13.0 Å². The second kappa shape index (κ2) is 5.02. The zero-order valence-electron chi connectivity index (χ0n) is 10.4. The SMILES string of the molecule is COc1nc(-c2cc(F)cc(F)c2)c(C#N)cc1C. The van der Waals surface area contributed by atoms with Crippen LogP contribution in [0.5, 0.6) is 5.88 Å². The average Bonchev–Trinajstić information content (AvgIpc) is 2.37. The fraction of sp³-hybridized carbons (Fsp3) is 0.143. The number of methoxy groups -OCH3 is 1. The molecular formula is C14H10F2N2O. The second-order valence-electron chi connectivity index (χ2n) is 3.98. The van der Waals surface area contributed by atoms with E-state index in [9.17, 15) is 8.78 Å². The van der Waals surface area contributed by atoms with Crippen LogP contribution in [-0.4, -0.2) is 12.1 Å². The van der Waals surface area contributed by atoms with Crippen LogP contribution < -0.4 is 4.74 Å². The van der Waals surface area contributed by atoms with Crippen molar-refractivity contribution in [3.63, 3.8) is 0 Å². The number of nitrogens with zero attached hydrogens (tertiary/aromatic N) is 2. The topological polar surface area (TPSA) is 45.9 Å². The van der Waals surface area contributed by atoms with Gasteiger partial charge < -0.3 is 4.74 Å². The van der Waals surface area contributed by atoms with E-state index in [4.69, 9.17) is 10.00 Å². The van der Waals surface area contributed by atoms with E-state index in [1.807, 2.05) is 6.07 Å². The smallest absolute Gasteiger partial charge is 0.216 e. The number of benzene rings is 1. The van der Waals surface area contributed by atoms with Gasteiger partial charge in [0.05, 0.1) is 18.4 Å². The minimum absolute atomic E-state index is 0.198. The van der Waals surface area contributed by atoms with Gasteiger partial charge in [0.15, 0.2) is 0 Å². The number of halogens is 2. The van der Waals surface area contributed by atoms with Crippen LogP contribution in [0.3, 0.4) is 0 Å². The summed E-state index contributed by atoms with van der Waals surface area (Å²) in [4.78, 5) is 4.14. The van der Waals surface area contributed by atoms with Gasteiger partial charge in [-0.2, -0.15) is 5.26 Å². The maximum absolute atomic E-state index is 13.2. The first-order chi connectivity index (χ1) is 9.05. The molecule has 96 valence electrons. The van der Waals surface area contributed by atoms with Gasteiger partial charge in [-0.1, -0.05) is 0 Å². The van der Waals surface area contributed by atoms with E-state index in [0.717, 1.165) is 18.2 Å². The molecule has 0 bridgehead atoms. The summed E-state index contributed by atoms with van der Waals surface area (Å²) in [5.41, 5.74) is 1.32. The van der Waals surface area contributed by atoms with E-state index in [1.165, 1.54) is 7.11 Å². The monoisotopic (exact) mass is 260 g/mol. The summed E-state index contributed by atoms with van der Waals surface area (Å²) in [7, 11) is 1.44. The lowest BCUT2D eigenvalue weighted by Gasteiger charge is -2.09. The van der Waals surface area contributed by atoms with E-state index in [0.29, 0.717) is 11.4 Å². The van der Waals surface area contributed by atoms with Crippen molar-refractivity contribution < 1.29 is 13.5 Å². The molecule has 1 aromatic carbocycles. The Kier molecular flexibility index (Phi) is 3.43. The van der Waals surface area contributed by atoms with Gasteiger partial charge in [-0.25, -0.2) is 13.8 Å². The fourth-order valence-electron chi connectivity index (χ4n) is 1.80. The third kappa shape index (κ3) is 2.52. The van der Waals surface area contributed by atoms with Crippen molar-refractivity contribution >= 4 is 0 Å². The molecule has 0 saturated carbocycles. The minimum Gasteiger partial charge on any atom is -0.481 e. The molecule has 0 aliphatic rings. The third-order valence-electron chi connectivity index (χ3n) is 2.62. The van der Waals surface area contributed by atoms with Gasteiger partial charge in [-0.3, -0.25) is 0 Å². The Bertz CT molecular complexity index is 658. The van der Waals surface area contributed by atoms with Crippen LogP contribution in [0.1, 0.15) is 11.1 Å². The molecule has 0 aliphatic heterocycles. The van der Waals surface area contributed by atoms with Gasteiger partial charge in [-0.05, 0) is 25.1 Å². The Morgan fingerprint density at radius 3 is 2.32 bits per heavy atom. The lowest BCUT2D eigenvalue weighted by atomic mass is 10.0. The van der Waals surface area contributed by atoms with Gasteiger partial charge >= 0.3 is 0 Å². The maximum atomic E-state index is 13.2. The van der Waals surface area contributed by atoms with E-state index >= 15 is 0 Å². The quantitative estimate of drug-likeness (QED) is 0.832. The maximum Gasteiger partial charge on any atom is 0.216 e. The standard InChI is InChI=1S/C14H10F2N2O/c1-8-3-10(7-17)13(18-14(8)19-2)9-4-11(15)6-12(16)5-9/h3-6H,1-2H3. The highest BCUT2D eigenvalue weighted by atomic mass is 19.1. The number of aromatic nitrogens is 1. The van der Waals surface area contributed by atoms with E-state index in [-0.39, 0.29) is 16.8 Å². The zero-order chi connectivity index (χ0) is 14.0. The number of ether oxygens (including phenoxy) is 1. The molecule has 0 saturated heterocycles. The van der Waals surface area contributed by atoms with Crippen LogP contribution in [0.2, 0.25) is 0 Å². The molecule has 0 unspecified atom stereocenters. The molecule has 0 spiro atoms. The molecule has 1 heterocycles. The molecule has 0 atom stereocenters. The van der Waals surface area contributed by atoms with Crippen molar-refractivity contribution in [2.45, 2.75) is 6.92 Å². The average molecular weight is 260 g/mol. The predicted molar refractivity (Wildman–Crippen MR) is 65.6 cm³/mol. The van der Waals surface area contributed by atoms with Crippen LogP contribution >= 0.6 is 0 Å².